The molecule has 0 spiro atoms. The molecule has 3 atom stereocenters. The molecule has 2 aliphatic rings. The molecule has 1 amide bonds. The number of likely N-dealkylation sites (tertiary alicyclic amines) is 1. The molecule has 1 saturated heterocycles. The van der Waals surface area contributed by atoms with E-state index in [2.05, 4.69) is 25.4 Å². The number of amides is 1. The minimum absolute atomic E-state index is 0.148. The average molecular weight is 558 g/mol. The SMILES string of the molecule is CCCCCCCCCC(=O)OCCNC(=O)OC[N+]1(C)CC2c3ccccc3Oc3ccc(Cl)cc3C2C1. The van der Waals surface area contributed by atoms with Crippen LogP contribution in [0.5, 0.6) is 11.5 Å². The predicted octanol–water partition coefficient (Wildman–Crippen LogP) is 7.14. The first-order valence-electron chi connectivity index (χ1n) is 14.3. The highest BCUT2D eigenvalue weighted by molar-refractivity contribution is 6.30. The molecule has 212 valence electrons. The third-order valence-corrected chi connectivity index (χ3v) is 8.03. The largest absolute Gasteiger partial charge is 0.464 e. The highest BCUT2D eigenvalue weighted by Crippen LogP contribution is 2.51. The first-order valence-corrected chi connectivity index (χ1v) is 14.7. The highest BCUT2D eigenvalue weighted by atomic mass is 35.5. The van der Waals surface area contributed by atoms with Crippen molar-refractivity contribution >= 4 is 23.7 Å². The third-order valence-electron chi connectivity index (χ3n) is 7.80. The number of nitrogens with zero attached hydrogens (tertiary/aromatic N) is 1. The molecule has 0 radical (unpaired) electrons. The Morgan fingerprint density at radius 2 is 1.64 bits per heavy atom. The van der Waals surface area contributed by atoms with Crippen LogP contribution < -0.4 is 10.1 Å². The summed E-state index contributed by atoms with van der Waals surface area (Å²) in [5.74, 6) is 1.88. The second-order valence-corrected chi connectivity index (χ2v) is 11.5. The lowest BCUT2D eigenvalue weighted by Crippen LogP contribution is -2.45. The van der Waals surface area contributed by atoms with Crippen LogP contribution in [0.1, 0.15) is 81.3 Å². The summed E-state index contributed by atoms with van der Waals surface area (Å²) in [6.45, 7) is 4.43. The van der Waals surface area contributed by atoms with Crippen LogP contribution in [-0.2, 0) is 14.3 Å². The second kappa shape index (κ2) is 14.0. The zero-order valence-corrected chi connectivity index (χ0v) is 24.0. The number of nitrogens with one attached hydrogen (secondary N) is 1. The molecule has 7 nitrogen and oxygen atoms in total. The van der Waals surface area contributed by atoms with Crippen molar-refractivity contribution in [3.05, 3.63) is 58.6 Å². The molecule has 0 saturated carbocycles. The molecule has 8 heteroatoms. The van der Waals surface area contributed by atoms with E-state index in [9.17, 15) is 9.59 Å². The van der Waals surface area contributed by atoms with Gasteiger partial charge in [0.15, 0.2) is 0 Å². The maximum atomic E-state index is 12.4. The van der Waals surface area contributed by atoms with E-state index in [4.69, 9.17) is 25.8 Å². The summed E-state index contributed by atoms with van der Waals surface area (Å²) in [5, 5.41) is 3.38. The smallest absolute Gasteiger partial charge is 0.411 e. The van der Waals surface area contributed by atoms with E-state index < -0.39 is 6.09 Å². The molecule has 2 aromatic rings. The van der Waals surface area contributed by atoms with Crippen LogP contribution in [0.3, 0.4) is 0 Å². The number of unbranched alkanes of at least 4 members (excludes halogenated alkanes) is 6. The van der Waals surface area contributed by atoms with Crippen molar-refractivity contribution < 1.29 is 28.3 Å². The van der Waals surface area contributed by atoms with Crippen LogP contribution in [0, 0.1) is 0 Å². The van der Waals surface area contributed by atoms with E-state index in [0.29, 0.717) is 15.9 Å². The number of para-hydroxylation sites is 1. The Morgan fingerprint density at radius 1 is 0.949 bits per heavy atom. The van der Waals surface area contributed by atoms with Crippen LogP contribution in [0.4, 0.5) is 4.79 Å². The number of carbonyl (C=O) groups excluding carboxylic acids is 2. The molecule has 2 aliphatic heterocycles. The molecule has 3 unspecified atom stereocenters. The van der Waals surface area contributed by atoms with Crippen molar-refractivity contribution in [1.82, 2.24) is 5.32 Å². The van der Waals surface area contributed by atoms with Gasteiger partial charge in [-0.15, -0.1) is 0 Å². The fourth-order valence-corrected chi connectivity index (χ4v) is 5.98. The van der Waals surface area contributed by atoms with Crippen LogP contribution in [-0.4, -0.2) is 56.6 Å². The number of carbonyl (C=O) groups is 2. The van der Waals surface area contributed by atoms with Gasteiger partial charge in [-0.2, -0.15) is 0 Å². The fraction of sp³-hybridized carbons (Fsp3) is 0.548. The summed E-state index contributed by atoms with van der Waals surface area (Å²) in [7, 11) is 2.11. The van der Waals surface area contributed by atoms with Gasteiger partial charge < -0.3 is 19.5 Å². The Balaban J connectivity index is 1.21. The lowest BCUT2D eigenvalue weighted by molar-refractivity contribution is -0.915. The van der Waals surface area contributed by atoms with Crippen molar-refractivity contribution in [3.63, 3.8) is 0 Å². The number of rotatable bonds is 13. The zero-order chi connectivity index (χ0) is 27.7. The number of benzene rings is 2. The van der Waals surface area contributed by atoms with E-state index in [1.807, 2.05) is 36.4 Å². The minimum Gasteiger partial charge on any atom is -0.464 e. The van der Waals surface area contributed by atoms with Crippen molar-refractivity contribution in [2.24, 2.45) is 0 Å². The van der Waals surface area contributed by atoms with Crippen molar-refractivity contribution in [2.45, 2.75) is 70.1 Å². The molecule has 0 aliphatic carbocycles. The first kappa shape index (κ1) is 29.2. The molecule has 0 aromatic heterocycles. The number of hydrogen-bond acceptors (Lipinski definition) is 5. The average Bonchev–Trinajstić information content (AvgIpc) is 3.22. The third kappa shape index (κ3) is 8.12. The highest BCUT2D eigenvalue weighted by Gasteiger charge is 2.48. The molecule has 2 heterocycles. The number of esters is 1. The maximum absolute atomic E-state index is 12.4. The lowest BCUT2D eigenvalue weighted by atomic mass is 9.84. The molecule has 1 fully saturated rings. The molecule has 4 rings (SSSR count). The summed E-state index contributed by atoms with van der Waals surface area (Å²) in [5.41, 5.74) is 2.26. The summed E-state index contributed by atoms with van der Waals surface area (Å²) in [6, 6.07) is 13.9. The number of hydrogen-bond donors (Lipinski definition) is 1. The second-order valence-electron chi connectivity index (χ2n) is 11.1. The Morgan fingerprint density at radius 3 is 2.44 bits per heavy atom. The number of halogens is 1. The van der Waals surface area contributed by atoms with Gasteiger partial charge in [0.25, 0.3) is 0 Å². The minimum atomic E-state index is -0.503. The Hall–Kier alpha value is -2.77. The van der Waals surface area contributed by atoms with E-state index in [-0.39, 0.29) is 37.7 Å². The van der Waals surface area contributed by atoms with E-state index in [0.717, 1.165) is 43.0 Å². The first-order chi connectivity index (χ1) is 18.9. The van der Waals surface area contributed by atoms with Crippen molar-refractivity contribution in [1.29, 1.82) is 0 Å². The van der Waals surface area contributed by atoms with Gasteiger partial charge in [0, 0.05) is 34.4 Å². The summed E-state index contributed by atoms with van der Waals surface area (Å²) < 4.78 is 17.7. The molecule has 1 N–H and O–H groups in total. The predicted molar refractivity (Wildman–Crippen MR) is 152 cm³/mol. The topological polar surface area (TPSA) is 73.9 Å². The van der Waals surface area contributed by atoms with Crippen molar-refractivity contribution in [3.8, 4) is 11.5 Å². The van der Waals surface area contributed by atoms with Gasteiger partial charge >= 0.3 is 12.1 Å². The Bertz CT molecular complexity index is 1130. The van der Waals surface area contributed by atoms with Gasteiger partial charge in [0.1, 0.15) is 18.1 Å². The van der Waals surface area contributed by atoms with Gasteiger partial charge in [0.2, 0.25) is 6.73 Å². The van der Waals surface area contributed by atoms with Gasteiger partial charge in [0.05, 0.1) is 26.7 Å². The number of ether oxygens (including phenoxy) is 3. The van der Waals surface area contributed by atoms with Crippen LogP contribution in [0.15, 0.2) is 42.5 Å². The van der Waals surface area contributed by atoms with E-state index in [1.165, 1.54) is 37.7 Å². The van der Waals surface area contributed by atoms with Gasteiger partial charge in [-0.25, -0.2) is 4.79 Å². The fourth-order valence-electron chi connectivity index (χ4n) is 5.80. The number of alkyl carbamates (subject to hydrolysis) is 1. The zero-order valence-electron chi connectivity index (χ0n) is 23.3. The lowest BCUT2D eigenvalue weighted by Gasteiger charge is -2.29. The van der Waals surface area contributed by atoms with E-state index >= 15 is 0 Å². The summed E-state index contributed by atoms with van der Waals surface area (Å²) >= 11 is 6.37. The molecular formula is C31H42ClN2O5+. The number of quaternary nitrogens is 1. The number of fused-ring (bicyclic) bond motifs is 5. The van der Waals surface area contributed by atoms with Gasteiger partial charge in [-0.1, -0.05) is 75.2 Å². The van der Waals surface area contributed by atoms with Crippen LogP contribution >= 0.6 is 11.6 Å². The molecule has 0 bridgehead atoms. The summed E-state index contributed by atoms with van der Waals surface area (Å²) in [4.78, 5) is 24.3. The molecule has 2 aromatic carbocycles. The molecular weight excluding hydrogens is 516 g/mol. The van der Waals surface area contributed by atoms with E-state index in [1.54, 1.807) is 0 Å². The van der Waals surface area contributed by atoms with Gasteiger partial charge in [-0.3, -0.25) is 9.28 Å². The Labute approximate surface area is 237 Å². The Kier molecular flexibility index (Phi) is 10.5. The van der Waals surface area contributed by atoms with Gasteiger partial charge in [-0.05, 0) is 30.7 Å². The van der Waals surface area contributed by atoms with Crippen molar-refractivity contribution in [2.75, 3.05) is 40.0 Å². The quantitative estimate of drug-likeness (QED) is 0.161. The maximum Gasteiger partial charge on any atom is 0.411 e. The number of likely N-dealkylation sites (N-methyl/N-ethyl adjacent to an activating group) is 1. The normalized spacial score (nSPS) is 21.1. The summed E-state index contributed by atoms with van der Waals surface area (Å²) in [6.07, 6.45) is 8.03. The monoisotopic (exact) mass is 557 g/mol. The molecule has 39 heavy (non-hydrogen) atoms. The van der Waals surface area contributed by atoms with Crippen LogP contribution in [0.25, 0.3) is 0 Å². The standard InChI is InChI=1S/C31H41ClN2O5/c1-3-4-5-6-7-8-9-14-30(35)37-18-17-33-31(36)38-22-34(2)20-26-24-12-10-11-13-28(24)39-29-16-15-23(32)19-25(29)27(26)21-34/h10-13,15-16,19,26-27H,3-9,14,17-18,20-22H2,1-2H3/p+1. The van der Waals surface area contributed by atoms with Crippen LogP contribution in [0.2, 0.25) is 5.02 Å².